The Morgan fingerprint density at radius 3 is 1.57 bits per heavy atom. The first-order valence-electron chi connectivity index (χ1n) is 23.0. The number of para-hydroxylation sites is 1. The van der Waals surface area contributed by atoms with E-state index in [1.54, 1.807) is 0 Å². The minimum atomic E-state index is -0.346. The Balaban J connectivity index is 0.985. The third kappa shape index (κ3) is 7.82. The molecule has 322 valence electrons. The van der Waals surface area contributed by atoms with Crippen LogP contribution in [-0.4, -0.2) is 11.7 Å². The van der Waals surface area contributed by atoms with E-state index in [0.29, 0.717) is 5.84 Å². The summed E-state index contributed by atoms with van der Waals surface area (Å²) in [5, 5.41) is 5.75. The van der Waals surface area contributed by atoms with Crippen molar-refractivity contribution in [1.29, 1.82) is 0 Å². The molecule has 1 unspecified atom stereocenters. The minimum Gasteiger partial charge on any atom is -0.456 e. The lowest BCUT2D eigenvalue weighted by Gasteiger charge is -2.27. The molecule has 1 aromatic heterocycles. The molecule has 1 N–H and O–H groups in total. The molecule has 0 spiro atoms. The smallest absolute Gasteiger partial charge is 0.160 e. The minimum absolute atomic E-state index is 0.346. The highest BCUT2D eigenvalue weighted by Gasteiger charge is 2.25. The Hall–Kier alpha value is -9.06. The lowest BCUT2D eigenvalue weighted by Crippen LogP contribution is -2.33. The van der Waals surface area contributed by atoms with Crippen LogP contribution in [0.1, 0.15) is 22.9 Å². The van der Waals surface area contributed by atoms with Crippen molar-refractivity contribution in [3.63, 3.8) is 0 Å². The Labute approximate surface area is 395 Å². The van der Waals surface area contributed by atoms with E-state index in [1.165, 1.54) is 0 Å². The van der Waals surface area contributed by atoms with E-state index in [0.717, 1.165) is 106 Å². The van der Waals surface area contributed by atoms with Crippen molar-refractivity contribution in [3.05, 3.63) is 271 Å². The number of furan rings is 1. The van der Waals surface area contributed by atoms with Gasteiger partial charge in [0.25, 0.3) is 0 Å². The van der Waals surface area contributed by atoms with Gasteiger partial charge in [0.1, 0.15) is 23.2 Å². The Morgan fingerprint density at radius 1 is 0.368 bits per heavy atom. The molecule has 11 aromatic rings. The van der Waals surface area contributed by atoms with Gasteiger partial charge in [0.15, 0.2) is 5.84 Å². The van der Waals surface area contributed by atoms with Crippen LogP contribution in [0.5, 0.6) is 0 Å². The summed E-state index contributed by atoms with van der Waals surface area (Å²) in [4.78, 5) is 13.0. The van der Waals surface area contributed by atoms with Gasteiger partial charge in [-0.1, -0.05) is 194 Å². The van der Waals surface area contributed by atoms with Gasteiger partial charge in [0.2, 0.25) is 0 Å². The van der Waals surface area contributed by atoms with Crippen molar-refractivity contribution < 1.29 is 4.42 Å². The number of aliphatic imine (C=N–C) groups is 2. The molecular weight excluding hydrogens is 829 g/mol. The second-order valence-corrected chi connectivity index (χ2v) is 17.0. The quantitative estimate of drug-likeness (QED) is 0.149. The molecule has 0 fully saturated rings. The number of nitrogens with one attached hydrogen (secondary N) is 1. The summed E-state index contributed by atoms with van der Waals surface area (Å²) in [6.45, 7) is 0. The van der Waals surface area contributed by atoms with Crippen molar-refractivity contribution in [1.82, 2.24) is 5.32 Å². The number of nitrogens with zero attached hydrogens (tertiary/aromatic N) is 3. The highest BCUT2D eigenvalue weighted by atomic mass is 16.3. The molecule has 1 aliphatic heterocycles. The van der Waals surface area contributed by atoms with Crippen molar-refractivity contribution >= 4 is 50.7 Å². The van der Waals surface area contributed by atoms with Crippen LogP contribution in [0.15, 0.2) is 269 Å². The van der Waals surface area contributed by atoms with E-state index in [9.17, 15) is 0 Å². The molecule has 10 aromatic carbocycles. The van der Waals surface area contributed by atoms with E-state index in [-0.39, 0.29) is 6.17 Å². The van der Waals surface area contributed by atoms with Crippen LogP contribution < -0.4 is 10.2 Å². The average Bonchev–Trinajstić information content (AvgIpc) is 3.80. The molecule has 68 heavy (non-hydrogen) atoms. The largest absolute Gasteiger partial charge is 0.456 e. The predicted molar refractivity (Wildman–Crippen MR) is 282 cm³/mol. The number of amidine groups is 2. The fourth-order valence-electron chi connectivity index (χ4n) is 9.45. The molecule has 0 amide bonds. The molecule has 0 bridgehead atoms. The number of rotatable bonds is 10. The highest BCUT2D eigenvalue weighted by Crippen LogP contribution is 2.44. The fraction of sp³-hybridized carbons (Fsp3) is 0.0159. The Morgan fingerprint density at radius 2 is 0.897 bits per heavy atom. The maximum Gasteiger partial charge on any atom is 0.160 e. The predicted octanol–water partition coefficient (Wildman–Crippen LogP) is 16.2. The van der Waals surface area contributed by atoms with E-state index in [2.05, 4.69) is 253 Å². The van der Waals surface area contributed by atoms with Crippen LogP contribution in [0.25, 0.3) is 66.4 Å². The maximum absolute atomic E-state index is 6.85. The van der Waals surface area contributed by atoms with Crippen molar-refractivity contribution in [3.8, 4) is 44.5 Å². The number of anilines is 3. The van der Waals surface area contributed by atoms with E-state index in [4.69, 9.17) is 14.4 Å². The number of hydrogen-bond donors (Lipinski definition) is 1. The summed E-state index contributed by atoms with van der Waals surface area (Å²) >= 11 is 0. The molecule has 2 heterocycles. The lowest BCUT2D eigenvalue weighted by atomic mass is 9.94. The topological polar surface area (TPSA) is 53.1 Å². The third-order valence-corrected chi connectivity index (χ3v) is 12.7. The maximum atomic E-state index is 6.85. The Bertz CT molecular complexity index is 3580. The Kier molecular flexibility index (Phi) is 10.5. The van der Waals surface area contributed by atoms with Gasteiger partial charge >= 0.3 is 0 Å². The zero-order valence-corrected chi connectivity index (χ0v) is 37.1. The summed E-state index contributed by atoms with van der Waals surface area (Å²) in [5.41, 5.74) is 16.6. The first-order valence-corrected chi connectivity index (χ1v) is 23.0. The molecule has 5 heteroatoms. The second-order valence-electron chi connectivity index (χ2n) is 17.0. The van der Waals surface area contributed by atoms with Gasteiger partial charge in [-0.05, 0) is 105 Å². The van der Waals surface area contributed by atoms with Crippen LogP contribution in [0, 0.1) is 0 Å². The number of benzene rings is 10. The lowest BCUT2D eigenvalue weighted by molar-refractivity contribution is 0.669. The molecule has 1 aliphatic rings. The van der Waals surface area contributed by atoms with Gasteiger partial charge in [-0.15, -0.1) is 0 Å². The van der Waals surface area contributed by atoms with E-state index < -0.39 is 0 Å². The molecule has 1 atom stereocenters. The van der Waals surface area contributed by atoms with E-state index in [1.807, 2.05) is 12.1 Å². The van der Waals surface area contributed by atoms with Gasteiger partial charge in [0.05, 0.1) is 0 Å². The van der Waals surface area contributed by atoms with Crippen molar-refractivity contribution in [2.45, 2.75) is 6.17 Å². The zero-order chi connectivity index (χ0) is 45.2. The first-order chi connectivity index (χ1) is 33.7. The fourth-order valence-corrected chi connectivity index (χ4v) is 9.45. The summed E-state index contributed by atoms with van der Waals surface area (Å²) in [5.74, 6) is 1.43. The van der Waals surface area contributed by atoms with Crippen LogP contribution in [-0.2, 0) is 0 Å². The third-order valence-electron chi connectivity index (χ3n) is 12.7. The van der Waals surface area contributed by atoms with Crippen LogP contribution in [0.2, 0.25) is 0 Å². The SMILES string of the molecule is c1ccc(-c2cccc(C3=NC(c4ccccc4-c4cccc5oc6cc(N(c7ccccc7)c7cc(-c8ccccc8)cc(-c8ccccc8)c7)ccc6c45)=NC(c4ccccc4)N3)c2)cc1. The van der Waals surface area contributed by atoms with Crippen molar-refractivity contribution in [2.24, 2.45) is 9.98 Å². The molecule has 0 aliphatic carbocycles. The van der Waals surface area contributed by atoms with Crippen LogP contribution in [0.3, 0.4) is 0 Å². The van der Waals surface area contributed by atoms with Crippen LogP contribution in [0.4, 0.5) is 17.1 Å². The molecule has 0 radical (unpaired) electrons. The summed E-state index contributed by atoms with van der Waals surface area (Å²) in [6, 6.07) is 89.4. The first kappa shape index (κ1) is 40.4. The van der Waals surface area contributed by atoms with Crippen LogP contribution >= 0.6 is 0 Å². The van der Waals surface area contributed by atoms with Crippen molar-refractivity contribution in [2.75, 3.05) is 4.90 Å². The standard InChI is InChI=1S/C63H44N4O/c1-6-20-43(21-7-1)47-28-18-29-48(38-47)62-64-61(46-26-12-4-13-27-46)65-63(66-62)56-33-17-16-32-54(56)55-34-19-35-58-60(55)57-37-36-52(42-59(57)68-58)67(51-30-14-5-15-31-51)53-40-49(44-22-8-2-9-23-44)39-50(41-53)45-24-10-3-11-25-45/h1-42,61H,(H,64,65,66). The van der Waals surface area contributed by atoms with E-state index >= 15 is 0 Å². The highest BCUT2D eigenvalue weighted by molar-refractivity contribution is 6.19. The second kappa shape index (κ2) is 17.7. The van der Waals surface area contributed by atoms with Gasteiger partial charge in [0, 0.05) is 45.0 Å². The van der Waals surface area contributed by atoms with Gasteiger partial charge < -0.3 is 14.6 Å². The molecule has 12 rings (SSSR count). The summed E-state index contributed by atoms with van der Waals surface area (Å²) < 4.78 is 6.85. The summed E-state index contributed by atoms with van der Waals surface area (Å²) in [7, 11) is 0. The monoisotopic (exact) mass is 872 g/mol. The summed E-state index contributed by atoms with van der Waals surface area (Å²) in [6.07, 6.45) is -0.346. The molecule has 0 saturated carbocycles. The number of hydrogen-bond acceptors (Lipinski definition) is 5. The van der Waals surface area contributed by atoms with Gasteiger partial charge in [-0.25, -0.2) is 9.98 Å². The van der Waals surface area contributed by atoms with Gasteiger partial charge in [-0.3, -0.25) is 0 Å². The van der Waals surface area contributed by atoms with Gasteiger partial charge in [-0.2, -0.15) is 0 Å². The zero-order valence-electron chi connectivity index (χ0n) is 37.1. The average molecular weight is 873 g/mol. The molecule has 0 saturated heterocycles. The molecule has 5 nitrogen and oxygen atoms in total. The molecular formula is C63H44N4O. The normalized spacial score (nSPS) is 13.4. The number of fused-ring (bicyclic) bond motifs is 3.